The molecule has 0 bridgehead atoms. The van der Waals surface area contributed by atoms with Crippen LogP contribution in [-0.2, 0) is 17.1 Å². The highest BCUT2D eigenvalue weighted by atomic mass is 32.1. The number of nitrogens with one attached hydrogen (secondary N) is 1. The molecule has 9 heteroatoms. The number of alkyl halides is 2. The van der Waals surface area contributed by atoms with E-state index < -0.39 is 5.92 Å². The third-order valence-corrected chi connectivity index (χ3v) is 8.28. The maximum atomic E-state index is 14.0. The molecular formula is C25H36F2N4O2S. The maximum absolute atomic E-state index is 14.0. The molecule has 6 nitrogen and oxygen atoms in total. The molecular weight excluding hydrogens is 458 g/mol. The van der Waals surface area contributed by atoms with Gasteiger partial charge in [-0.15, -0.1) is 11.3 Å². The van der Waals surface area contributed by atoms with Crippen molar-refractivity contribution in [3.63, 3.8) is 0 Å². The standard InChI is InChI=1S/C25H36F2N4O2S/c1-16-23(25(3,26)27)24(30-33-16)19-9-12-31(13-10-19)11-8-18-4-6-20(7-5-18)29-22(32)14-21-15-28-17(2)34-21/h15,18-20H,4-14H2,1-3H3,(H,29,32). The number of amides is 1. The minimum atomic E-state index is -2.92. The number of nitrogens with zero attached hydrogens (tertiary/aromatic N) is 3. The molecule has 34 heavy (non-hydrogen) atoms. The minimum absolute atomic E-state index is 0.0167. The lowest BCUT2D eigenvalue weighted by Gasteiger charge is -2.34. The maximum Gasteiger partial charge on any atom is 0.275 e. The highest BCUT2D eigenvalue weighted by Crippen LogP contribution is 2.39. The number of likely N-dealkylation sites (tertiary alicyclic amines) is 1. The van der Waals surface area contributed by atoms with Crippen molar-refractivity contribution in [2.75, 3.05) is 19.6 Å². The lowest BCUT2D eigenvalue weighted by atomic mass is 9.83. The van der Waals surface area contributed by atoms with Crippen molar-refractivity contribution >= 4 is 17.2 Å². The lowest BCUT2D eigenvalue weighted by molar-refractivity contribution is -0.121. The fourth-order valence-corrected chi connectivity index (χ4v) is 6.31. The van der Waals surface area contributed by atoms with E-state index in [4.69, 9.17) is 4.52 Å². The molecule has 1 aliphatic carbocycles. The highest BCUT2D eigenvalue weighted by Gasteiger charge is 2.37. The number of aromatic nitrogens is 2. The number of aryl methyl sites for hydroxylation is 2. The Labute approximate surface area is 204 Å². The molecule has 4 rings (SSSR count). The molecule has 0 atom stereocenters. The van der Waals surface area contributed by atoms with Gasteiger partial charge in [-0.2, -0.15) is 0 Å². The third-order valence-electron chi connectivity index (χ3n) is 7.37. The average Bonchev–Trinajstić information content (AvgIpc) is 3.38. The first-order chi connectivity index (χ1) is 16.2. The van der Waals surface area contributed by atoms with E-state index >= 15 is 0 Å². The van der Waals surface area contributed by atoms with E-state index in [2.05, 4.69) is 20.4 Å². The van der Waals surface area contributed by atoms with Crippen molar-refractivity contribution in [1.82, 2.24) is 20.4 Å². The zero-order valence-corrected chi connectivity index (χ0v) is 21.2. The first-order valence-electron chi connectivity index (χ1n) is 12.5. The monoisotopic (exact) mass is 494 g/mol. The summed E-state index contributed by atoms with van der Waals surface area (Å²) in [5.74, 6) is -1.85. The molecule has 0 unspecified atom stereocenters. The number of carbonyl (C=O) groups excluding carboxylic acids is 1. The molecule has 188 valence electrons. The van der Waals surface area contributed by atoms with Crippen LogP contribution in [0.5, 0.6) is 0 Å². The van der Waals surface area contributed by atoms with E-state index in [0.717, 1.165) is 81.4 Å². The van der Waals surface area contributed by atoms with Gasteiger partial charge in [0.25, 0.3) is 5.92 Å². The van der Waals surface area contributed by atoms with Crippen LogP contribution in [0.1, 0.15) is 84.7 Å². The number of carbonyl (C=O) groups is 1. The minimum Gasteiger partial charge on any atom is -0.361 e. The number of hydrogen-bond donors (Lipinski definition) is 1. The van der Waals surface area contributed by atoms with Crippen LogP contribution in [0.4, 0.5) is 8.78 Å². The first-order valence-corrected chi connectivity index (χ1v) is 13.3. The van der Waals surface area contributed by atoms with Crippen LogP contribution in [0, 0.1) is 19.8 Å². The van der Waals surface area contributed by atoms with Gasteiger partial charge < -0.3 is 14.7 Å². The number of rotatable bonds is 8. The Morgan fingerprint density at radius 1 is 1.21 bits per heavy atom. The second-order valence-electron chi connectivity index (χ2n) is 10.1. The third kappa shape index (κ3) is 6.42. The van der Waals surface area contributed by atoms with Gasteiger partial charge in [0.1, 0.15) is 5.76 Å². The molecule has 3 heterocycles. The Balaban J connectivity index is 1.15. The van der Waals surface area contributed by atoms with E-state index in [1.165, 1.54) is 0 Å². The molecule has 2 fully saturated rings. The molecule has 2 aromatic heterocycles. The van der Waals surface area contributed by atoms with Crippen LogP contribution in [-0.4, -0.2) is 46.6 Å². The quantitative estimate of drug-likeness (QED) is 0.536. The summed E-state index contributed by atoms with van der Waals surface area (Å²) >= 11 is 1.58. The van der Waals surface area contributed by atoms with Gasteiger partial charge in [-0.1, -0.05) is 5.16 Å². The van der Waals surface area contributed by atoms with E-state index in [-0.39, 0.29) is 29.2 Å². The molecule has 1 saturated heterocycles. The van der Waals surface area contributed by atoms with Gasteiger partial charge in [0.15, 0.2) is 0 Å². The summed E-state index contributed by atoms with van der Waals surface area (Å²) in [6.07, 6.45) is 9.44. The van der Waals surface area contributed by atoms with E-state index in [9.17, 15) is 13.6 Å². The van der Waals surface area contributed by atoms with E-state index in [1.54, 1.807) is 24.5 Å². The molecule has 1 aliphatic heterocycles. The normalized spacial score (nSPS) is 22.7. The highest BCUT2D eigenvalue weighted by molar-refractivity contribution is 7.11. The number of hydrogen-bond acceptors (Lipinski definition) is 6. The molecule has 0 radical (unpaired) electrons. The van der Waals surface area contributed by atoms with Gasteiger partial charge in [-0.25, -0.2) is 13.8 Å². The average molecular weight is 495 g/mol. The summed E-state index contributed by atoms with van der Waals surface area (Å²) < 4.78 is 33.2. The van der Waals surface area contributed by atoms with E-state index in [1.807, 2.05) is 6.92 Å². The van der Waals surface area contributed by atoms with Gasteiger partial charge >= 0.3 is 0 Å². The SMILES string of the molecule is Cc1ncc(CC(=O)NC2CCC(CCN3CCC(c4noc(C)c4C(C)(F)F)CC3)CC2)s1. The van der Waals surface area contributed by atoms with Gasteiger partial charge in [0.2, 0.25) is 5.91 Å². The number of piperidine rings is 1. The molecule has 0 aromatic carbocycles. The second kappa shape index (κ2) is 10.8. The largest absolute Gasteiger partial charge is 0.361 e. The zero-order valence-electron chi connectivity index (χ0n) is 20.4. The van der Waals surface area contributed by atoms with Crippen molar-refractivity contribution in [2.45, 2.75) is 90.0 Å². The Morgan fingerprint density at radius 3 is 2.53 bits per heavy atom. The fraction of sp³-hybridized carbons (Fsp3) is 0.720. The van der Waals surface area contributed by atoms with Crippen LogP contribution >= 0.6 is 11.3 Å². The molecule has 1 saturated carbocycles. The Kier molecular flexibility index (Phi) is 8.02. The summed E-state index contributed by atoms with van der Waals surface area (Å²) in [4.78, 5) is 20.0. The molecule has 2 aromatic rings. The number of halogens is 2. The molecule has 1 N–H and O–H groups in total. The predicted molar refractivity (Wildman–Crippen MR) is 128 cm³/mol. The van der Waals surface area contributed by atoms with Gasteiger partial charge in [-0.3, -0.25) is 4.79 Å². The van der Waals surface area contributed by atoms with Crippen molar-refractivity contribution in [2.24, 2.45) is 5.92 Å². The molecule has 1 amide bonds. The Bertz CT molecular complexity index is 955. The van der Waals surface area contributed by atoms with Gasteiger partial charge in [-0.05, 0) is 84.3 Å². The van der Waals surface area contributed by atoms with Crippen LogP contribution in [0.3, 0.4) is 0 Å². The van der Waals surface area contributed by atoms with Crippen LogP contribution < -0.4 is 5.32 Å². The summed E-state index contributed by atoms with van der Waals surface area (Å²) in [6.45, 7) is 7.32. The summed E-state index contributed by atoms with van der Waals surface area (Å²) in [7, 11) is 0. The fourth-order valence-electron chi connectivity index (χ4n) is 5.52. The summed E-state index contributed by atoms with van der Waals surface area (Å²) in [6, 6.07) is 0.283. The van der Waals surface area contributed by atoms with Crippen LogP contribution in [0.25, 0.3) is 0 Å². The lowest BCUT2D eigenvalue weighted by Crippen LogP contribution is -2.39. The van der Waals surface area contributed by atoms with Crippen molar-refractivity contribution < 1.29 is 18.1 Å². The Hall–Kier alpha value is -1.87. The van der Waals surface area contributed by atoms with Crippen molar-refractivity contribution in [3.8, 4) is 0 Å². The van der Waals surface area contributed by atoms with Crippen LogP contribution in [0.2, 0.25) is 0 Å². The summed E-state index contributed by atoms with van der Waals surface area (Å²) in [5.41, 5.74) is 0.437. The van der Waals surface area contributed by atoms with Gasteiger partial charge in [0, 0.05) is 30.0 Å². The predicted octanol–water partition coefficient (Wildman–Crippen LogP) is 5.35. The smallest absolute Gasteiger partial charge is 0.275 e. The van der Waals surface area contributed by atoms with E-state index in [0.29, 0.717) is 18.0 Å². The summed E-state index contributed by atoms with van der Waals surface area (Å²) in [5, 5.41) is 8.19. The molecule has 0 spiro atoms. The molecule has 2 aliphatic rings. The first kappa shape index (κ1) is 25.2. The zero-order chi connectivity index (χ0) is 24.3. The second-order valence-corrected chi connectivity index (χ2v) is 11.4. The van der Waals surface area contributed by atoms with Crippen molar-refractivity contribution in [3.05, 3.63) is 33.1 Å². The number of thiazole rings is 1. The topological polar surface area (TPSA) is 71.3 Å². The van der Waals surface area contributed by atoms with Crippen molar-refractivity contribution in [1.29, 1.82) is 0 Å². The van der Waals surface area contributed by atoms with Crippen LogP contribution in [0.15, 0.2) is 10.7 Å². The Morgan fingerprint density at radius 2 is 1.91 bits per heavy atom. The van der Waals surface area contributed by atoms with Gasteiger partial charge in [0.05, 0.1) is 22.7 Å².